The van der Waals surface area contributed by atoms with Gasteiger partial charge >= 0.3 is 0 Å². The first-order valence-corrected chi connectivity index (χ1v) is 13.8. The molecule has 0 spiro atoms. The molecule has 1 atom stereocenters. The molecule has 0 fully saturated rings. The molecular formula is C31H35ClN4O2. The first-order chi connectivity index (χ1) is 18.3. The molecule has 5 rings (SSSR count). The Labute approximate surface area is 230 Å². The lowest BCUT2D eigenvalue weighted by Crippen LogP contribution is -2.26. The van der Waals surface area contributed by atoms with Crippen molar-refractivity contribution in [2.75, 3.05) is 13.2 Å². The van der Waals surface area contributed by atoms with Gasteiger partial charge in [-0.1, -0.05) is 66.9 Å². The van der Waals surface area contributed by atoms with Gasteiger partial charge in [0.15, 0.2) is 0 Å². The number of nitrogens with zero attached hydrogens (tertiary/aromatic N) is 4. The third-order valence-corrected chi connectivity index (χ3v) is 7.27. The van der Waals surface area contributed by atoms with Crippen molar-refractivity contribution < 1.29 is 9.68 Å². The molecule has 1 unspecified atom stereocenters. The molecule has 198 valence electrons. The number of fused-ring (bicyclic) bond motifs is 2. The smallest absolute Gasteiger partial charge is 0.125 e. The largest absolute Gasteiger partial charge is 0.395 e. The van der Waals surface area contributed by atoms with Crippen molar-refractivity contribution in [2.45, 2.75) is 59.8 Å². The van der Waals surface area contributed by atoms with Crippen LogP contribution in [0.3, 0.4) is 0 Å². The molecule has 2 aliphatic carbocycles. The molecule has 1 aromatic carbocycles. The van der Waals surface area contributed by atoms with E-state index >= 15 is 0 Å². The van der Waals surface area contributed by atoms with E-state index in [2.05, 4.69) is 55.3 Å². The van der Waals surface area contributed by atoms with Gasteiger partial charge in [-0.15, -0.1) is 0 Å². The van der Waals surface area contributed by atoms with E-state index in [4.69, 9.17) is 31.2 Å². The summed E-state index contributed by atoms with van der Waals surface area (Å²) < 4.78 is 0. The average molecular weight is 531 g/mol. The molecule has 6 nitrogen and oxygen atoms in total. The maximum absolute atomic E-state index is 6.07. The lowest BCUT2D eigenvalue weighted by Gasteiger charge is -2.24. The topological polar surface area (TPSA) is 69.0 Å². The van der Waals surface area contributed by atoms with Gasteiger partial charge in [0.1, 0.15) is 24.6 Å². The maximum atomic E-state index is 6.07. The summed E-state index contributed by atoms with van der Waals surface area (Å²) in [6.07, 6.45) is 4.81. The minimum absolute atomic E-state index is 0.270. The highest BCUT2D eigenvalue weighted by atomic mass is 35.5. The number of benzene rings is 1. The summed E-state index contributed by atoms with van der Waals surface area (Å²) in [5.41, 5.74) is 8.85. The van der Waals surface area contributed by atoms with Crippen molar-refractivity contribution in [3.63, 3.8) is 0 Å². The highest BCUT2D eigenvalue weighted by molar-refractivity contribution is 6.30. The van der Waals surface area contributed by atoms with Gasteiger partial charge in [0.05, 0.1) is 17.1 Å². The highest BCUT2D eigenvalue weighted by Gasteiger charge is 2.25. The van der Waals surface area contributed by atoms with Crippen molar-refractivity contribution in [3.05, 3.63) is 81.8 Å². The SMILES string of the molecule is Cc1ccc2c(n1)/C(=N/OCC(C)(C)CO/N=C1\CC(C)Cc3ccc(-c4ccc(Cl)cc4)nc31)CCC2. The molecule has 0 radical (unpaired) electrons. The second-order valence-electron chi connectivity index (χ2n) is 11.3. The van der Waals surface area contributed by atoms with Gasteiger partial charge in [0.25, 0.3) is 0 Å². The van der Waals surface area contributed by atoms with E-state index in [1.54, 1.807) is 0 Å². The lowest BCUT2D eigenvalue weighted by molar-refractivity contribution is -0.000373. The van der Waals surface area contributed by atoms with Gasteiger partial charge in [-0.2, -0.15) is 0 Å². The zero-order valence-corrected chi connectivity index (χ0v) is 23.4. The summed E-state index contributed by atoms with van der Waals surface area (Å²) in [6.45, 7) is 9.28. The molecule has 7 heteroatoms. The molecular weight excluding hydrogens is 496 g/mol. The first kappa shape index (κ1) is 26.4. The number of pyridine rings is 2. The van der Waals surface area contributed by atoms with Gasteiger partial charge in [-0.25, -0.2) is 4.98 Å². The minimum atomic E-state index is -0.270. The monoisotopic (exact) mass is 530 g/mol. The Hall–Kier alpha value is -3.25. The Balaban J connectivity index is 1.25. The molecule has 2 aliphatic rings. The number of rotatable bonds is 7. The summed E-state index contributed by atoms with van der Waals surface area (Å²) in [4.78, 5) is 21.4. The fourth-order valence-corrected chi connectivity index (χ4v) is 5.07. The van der Waals surface area contributed by atoms with E-state index < -0.39 is 0 Å². The number of halogens is 1. The molecule has 3 aromatic rings. The van der Waals surface area contributed by atoms with Crippen molar-refractivity contribution >= 4 is 23.0 Å². The fourth-order valence-electron chi connectivity index (χ4n) is 4.94. The number of oxime groups is 2. The van der Waals surface area contributed by atoms with E-state index in [0.717, 1.165) is 71.9 Å². The van der Waals surface area contributed by atoms with Gasteiger partial charge in [0.2, 0.25) is 0 Å². The molecule has 38 heavy (non-hydrogen) atoms. The molecule has 2 heterocycles. The Morgan fingerprint density at radius 1 is 0.842 bits per heavy atom. The Kier molecular flexibility index (Phi) is 7.80. The van der Waals surface area contributed by atoms with Crippen LogP contribution >= 0.6 is 11.6 Å². The second-order valence-corrected chi connectivity index (χ2v) is 11.8. The zero-order valence-electron chi connectivity index (χ0n) is 22.6. The van der Waals surface area contributed by atoms with Crippen LogP contribution in [-0.2, 0) is 22.5 Å². The molecule has 0 bridgehead atoms. The van der Waals surface area contributed by atoms with Crippen LogP contribution in [0.15, 0.2) is 58.8 Å². The average Bonchev–Trinajstić information content (AvgIpc) is 2.89. The zero-order chi connectivity index (χ0) is 26.7. The molecule has 0 saturated carbocycles. The Morgan fingerprint density at radius 2 is 1.53 bits per heavy atom. The number of aromatic nitrogens is 2. The van der Waals surface area contributed by atoms with E-state index in [0.29, 0.717) is 24.2 Å². The number of hydrogen-bond donors (Lipinski definition) is 0. The third-order valence-electron chi connectivity index (χ3n) is 7.01. The first-order valence-electron chi connectivity index (χ1n) is 13.4. The summed E-state index contributed by atoms with van der Waals surface area (Å²) in [5.74, 6) is 0.482. The van der Waals surface area contributed by atoms with Crippen LogP contribution in [0.5, 0.6) is 0 Å². The molecule has 0 aliphatic heterocycles. The lowest BCUT2D eigenvalue weighted by atomic mass is 9.86. The standard InChI is InChI=1S/C31H35ClN4O2/c1-20-16-24-12-15-26(22-10-13-25(32)14-11-22)34-30(24)28(17-20)36-38-19-31(3,4)18-37-35-27-7-5-6-23-9-8-21(2)33-29(23)27/h8-15,20H,5-7,16-19H2,1-4H3/b35-27+,36-28+. The van der Waals surface area contributed by atoms with Crippen LogP contribution in [0.4, 0.5) is 0 Å². The maximum Gasteiger partial charge on any atom is 0.125 e. The molecule has 0 N–H and O–H groups in total. The molecule has 0 saturated heterocycles. The van der Waals surface area contributed by atoms with Crippen LogP contribution in [0, 0.1) is 18.3 Å². The van der Waals surface area contributed by atoms with Gasteiger partial charge in [0, 0.05) is 21.7 Å². The summed E-state index contributed by atoms with van der Waals surface area (Å²) in [5, 5.41) is 9.77. The van der Waals surface area contributed by atoms with Crippen LogP contribution in [0.2, 0.25) is 5.02 Å². The second kappa shape index (κ2) is 11.2. The van der Waals surface area contributed by atoms with Crippen LogP contribution in [0.1, 0.15) is 68.2 Å². The third kappa shape index (κ3) is 6.24. The Bertz CT molecular complexity index is 1360. The van der Waals surface area contributed by atoms with Gasteiger partial charge in [-0.3, -0.25) is 4.98 Å². The predicted molar refractivity (Wildman–Crippen MR) is 153 cm³/mol. The van der Waals surface area contributed by atoms with Crippen molar-refractivity contribution in [1.29, 1.82) is 0 Å². The highest BCUT2D eigenvalue weighted by Crippen LogP contribution is 2.29. The van der Waals surface area contributed by atoms with E-state index in [1.807, 2.05) is 31.2 Å². The van der Waals surface area contributed by atoms with Crippen molar-refractivity contribution in [2.24, 2.45) is 21.6 Å². The van der Waals surface area contributed by atoms with E-state index in [-0.39, 0.29) is 5.41 Å². The quantitative estimate of drug-likeness (QED) is 0.303. The van der Waals surface area contributed by atoms with Gasteiger partial charge < -0.3 is 9.68 Å². The summed E-state index contributed by atoms with van der Waals surface area (Å²) in [6, 6.07) is 16.2. The van der Waals surface area contributed by atoms with Crippen molar-refractivity contribution in [1.82, 2.24) is 9.97 Å². The van der Waals surface area contributed by atoms with Gasteiger partial charge in [-0.05, 0) is 80.3 Å². The predicted octanol–water partition coefficient (Wildman–Crippen LogP) is 7.19. The van der Waals surface area contributed by atoms with E-state index in [1.165, 1.54) is 11.1 Å². The normalized spacial score (nSPS) is 19.2. The molecule has 0 amide bonds. The van der Waals surface area contributed by atoms with Crippen molar-refractivity contribution in [3.8, 4) is 11.3 Å². The number of hydrogen-bond acceptors (Lipinski definition) is 6. The summed E-state index contributed by atoms with van der Waals surface area (Å²) in [7, 11) is 0. The summed E-state index contributed by atoms with van der Waals surface area (Å²) >= 11 is 6.07. The van der Waals surface area contributed by atoms with E-state index in [9.17, 15) is 0 Å². The minimum Gasteiger partial charge on any atom is -0.395 e. The van der Waals surface area contributed by atoms with Crippen LogP contribution in [-0.4, -0.2) is 34.6 Å². The van der Waals surface area contributed by atoms with Crippen LogP contribution < -0.4 is 0 Å². The fraction of sp³-hybridized carbons (Fsp3) is 0.419. The molecule has 2 aromatic heterocycles. The van der Waals surface area contributed by atoms with Crippen LogP contribution in [0.25, 0.3) is 11.3 Å². The Morgan fingerprint density at radius 3 is 2.29 bits per heavy atom. The number of aryl methyl sites for hydroxylation is 2.